The number of nitrogens with one attached hydrogen (secondary N) is 1. The van der Waals surface area contributed by atoms with Crippen LogP contribution in [0.15, 0.2) is 60.8 Å². The summed E-state index contributed by atoms with van der Waals surface area (Å²) in [6.45, 7) is 3.29. The lowest BCUT2D eigenvalue weighted by Gasteiger charge is -2.51. The zero-order valence-electron chi connectivity index (χ0n) is 20.9. The molecule has 2 fully saturated rings. The molecule has 1 saturated carbocycles. The fourth-order valence-electron chi connectivity index (χ4n) is 6.89. The van der Waals surface area contributed by atoms with Gasteiger partial charge in [-0.3, -0.25) is 4.68 Å². The number of fused-ring (bicyclic) bond motifs is 2. The molecule has 2 N–H and O–H groups in total. The monoisotopic (exact) mass is 516 g/mol. The predicted octanol–water partition coefficient (Wildman–Crippen LogP) is 3.90. The van der Waals surface area contributed by atoms with E-state index >= 15 is 0 Å². The van der Waals surface area contributed by atoms with E-state index in [2.05, 4.69) is 28.2 Å². The van der Waals surface area contributed by atoms with Crippen LogP contribution in [0, 0.1) is 29.2 Å². The number of para-hydroxylation sites is 1. The number of piperidine rings is 1. The Hall–Kier alpha value is -3.06. The molecule has 7 atom stereocenters. The lowest BCUT2D eigenvalue weighted by molar-refractivity contribution is -0.0396. The Labute approximate surface area is 220 Å². The number of aryl methyl sites for hydroxylation is 1. The topological polar surface area (TPSA) is 113 Å². The number of nitriles is 1. The molecule has 1 aromatic heterocycles. The first kappa shape index (κ1) is 24.3. The van der Waals surface area contributed by atoms with Crippen molar-refractivity contribution in [1.29, 1.82) is 5.26 Å². The van der Waals surface area contributed by atoms with Gasteiger partial charge >= 0.3 is 0 Å². The van der Waals surface area contributed by atoms with Gasteiger partial charge in [0, 0.05) is 30.6 Å². The summed E-state index contributed by atoms with van der Waals surface area (Å²) in [6.07, 6.45) is 7.04. The fourth-order valence-corrected chi connectivity index (χ4v) is 8.57. The molecule has 37 heavy (non-hydrogen) atoms. The Kier molecular flexibility index (Phi) is 6.35. The highest BCUT2D eigenvalue weighted by Gasteiger charge is 2.61. The molecule has 3 aliphatic rings. The molecule has 2 aromatic carbocycles. The number of nitrogens with zero attached hydrogens (tertiary/aromatic N) is 5. The van der Waals surface area contributed by atoms with Crippen LogP contribution in [0.1, 0.15) is 38.2 Å². The summed E-state index contributed by atoms with van der Waals surface area (Å²) < 4.78 is 18.3. The van der Waals surface area contributed by atoms with Crippen LogP contribution in [-0.4, -0.2) is 48.2 Å². The molecule has 3 heterocycles. The van der Waals surface area contributed by atoms with Crippen LogP contribution < -0.4 is 4.72 Å². The maximum absolute atomic E-state index is 14.0. The summed E-state index contributed by atoms with van der Waals surface area (Å²) in [4.78, 5) is 1.88. The number of benzene rings is 2. The van der Waals surface area contributed by atoms with Crippen molar-refractivity contribution in [3.05, 3.63) is 66.4 Å². The summed E-state index contributed by atoms with van der Waals surface area (Å²) in [5.74, 6) is 0.810. The van der Waals surface area contributed by atoms with Crippen LogP contribution >= 0.6 is 0 Å². The highest BCUT2D eigenvalue weighted by atomic mass is 32.2. The summed E-state index contributed by atoms with van der Waals surface area (Å²) in [5, 5.41) is 29.7. The summed E-state index contributed by atoms with van der Waals surface area (Å²) in [5.41, 5.74) is 3.65. The van der Waals surface area contributed by atoms with E-state index in [1.807, 2.05) is 70.4 Å². The third-order valence-electron chi connectivity index (χ3n) is 8.93. The van der Waals surface area contributed by atoms with Crippen LogP contribution in [0.2, 0.25) is 0 Å². The van der Waals surface area contributed by atoms with Crippen molar-refractivity contribution in [2.24, 2.45) is 17.8 Å². The smallest absolute Gasteiger partial charge is 0.200 e. The SMILES string of the molecule is C[C@@H]1C2CC([C@]3(CCn4cc(-c5ccccc5)nn4)c4ccccc4N[S+]3[O-])N(C#N)C[C@@H]2CC[C@@H]1O. The number of aliphatic hydroxyl groups is 1. The Morgan fingerprint density at radius 2 is 1.97 bits per heavy atom. The van der Waals surface area contributed by atoms with E-state index in [9.17, 15) is 14.9 Å². The van der Waals surface area contributed by atoms with E-state index in [0.29, 0.717) is 25.4 Å². The van der Waals surface area contributed by atoms with Gasteiger partial charge in [-0.05, 0) is 43.1 Å². The molecule has 0 bridgehead atoms. The maximum Gasteiger partial charge on any atom is 0.200 e. The Bertz CT molecular complexity index is 1300. The average Bonchev–Trinajstić information content (AvgIpc) is 3.52. The van der Waals surface area contributed by atoms with Crippen LogP contribution in [0.4, 0.5) is 5.69 Å². The highest BCUT2D eigenvalue weighted by molar-refractivity contribution is 7.94. The van der Waals surface area contributed by atoms with E-state index in [-0.39, 0.29) is 24.0 Å². The zero-order chi connectivity index (χ0) is 25.6. The number of hydrogen-bond donors (Lipinski definition) is 2. The number of anilines is 1. The number of aromatic nitrogens is 3. The van der Waals surface area contributed by atoms with Gasteiger partial charge in [-0.1, -0.05) is 60.7 Å². The second kappa shape index (κ2) is 9.67. The molecular formula is C28H32N6O2S. The maximum atomic E-state index is 14.0. The van der Waals surface area contributed by atoms with E-state index in [1.165, 1.54) is 0 Å². The summed E-state index contributed by atoms with van der Waals surface area (Å²) >= 11 is -1.44. The van der Waals surface area contributed by atoms with Crippen LogP contribution in [0.3, 0.4) is 0 Å². The standard InChI is InChI=1S/C28H32N6O2S/c1-19-22-15-27(33(18-29)16-21(22)11-12-26(19)35)28(23-9-5-6-10-24(23)31-37(28)36)13-14-34-17-25(30-32-34)20-7-3-2-4-8-20/h2-10,17,19,21-22,26-27,31,35H,11-16H2,1H3/t19-,21+,22?,26+,27?,28+,37?/m1/s1. The van der Waals surface area contributed by atoms with Crippen molar-refractivity contribution in [3.63, 3.8) is 0 Å². The molecular weight excluding hydrogens is 484 g/mol. The Balaban J connectivity index is 1.36. The minimum atomic E-state index is -1.44. The minimum Gasteiger partial charge on any atom is -0.592 e. The molecule has 1 saturated heterocycles. The van der Waals surface area contributed by atoms with Gasteiger partial charge in [-0.25, -0.2) is 4.72 Å². The van der Waals surface area contributed by atoms with E-state index < -0.39 is 16.1 Å². The average molecular weight is 517 g/mol. The van der Waals surface area contributed by atoms with Crippen molar-refractivity contribution in [3.8, 4) is 17.5 Å². The molecule has 8 nitrogen and oxygen atoms in total. The van der Waals surface area contributed by atoms with Crippen molar-refractivity contribution < 1.29 is 9.66 Å². The molecule has 2 aliphatic heterocycles. The number of aliphatic hydroxyl groups excluding tert-OH is 1. The Morgan fingerprint density at radius 3 is 2.78 bits per heavy atom. The lowest BCUT2D eigenvalue weighted by atomic mass is 9.64. The molecule has 0 spiro atoms. The van der Waals surface area contributed by atoms with Gasteiger partial charge in [0.2, 0.25) is 0 Å². The van der Waals surface area contributed by atoms with E-state index in [0.717, 1.165) is 41.8 Å². The molecule has 0 radical (unpaired) electrons. The molecule has 3 aromatic rings. The van der Waals surface area contributed by atoms with Gasteiger partial charge in [-0.2, -0.15) is 5.26 Å². The van der Waals surface area contributed by atoms with Gasteiger partial charge in [0.05, 0.1) is 35.4 Å². The molecule has 192 valence electrons. The quantitative estimate of drug-likeness (QED) is 0.391. The van der Waals surface area contributed by atoms with Gasteiger partial charge in [0.25, 0.3) is 0 Å². The second-order valence-electron chi connectivity index (χ2n) is 10.7. The second-order valence-corrected chi connectivity index (χ2v) is 12.2. The van der Waals surface area contributed by atoms with Gasteiger partial charge < -0.3 is 14.6 Å². The predicted molar refractivity (Wildman–Crippen MR) is 142 cm³/mol. The molecule has 9 heteroatoms. The first-order valence-corrected chi connectivity index (χ1v) is 14.2. The number of rotatable bonds is 5. The van der Waals surface area contributed by atoms with E-state index in [4.69, 9.17) is 0 Å². The third kappa shape index (κ3) is 4.08. The molecule has 3 unspecified atom stereocenters. The Morgan fingerprint density at radius 1 is 1.19 bits per heavy atom. The first-order valence-electron chi connectivity index (χ1n) is 13.1. The number of likely N-dealkylation sites (tertiary alicyclic amines) is 1. The third-order valence-corrected chi connectivity index (χ3v) is 10.7. The van der Waals surface area contributed by atoms with Crippen LogP contribution in [0.5, 0.6) is 0 Å². The van der Waals surface area contributed by atoms with Gasteiger partial charge in [0.1, 0.15) is 5.69 Å². The van der Waals surface area contributed by atoms with E-state index in [1.54, 1.807) is 0 Å². The fraction of sp³-hybridized carbons (Fsp3) is 0.464. The van der Waals surface area contributed by atoms with Crippen molar-refractivity contribution in [2.45, 2.75) is 56.0 Å². The minimum absolute atomic E-state index is 0.154. The lowest BCUT2D eigenvalue weighted by Crippen LogP contribution is -2.60. The van der Waals surface area contributed by atoms with Gasteiger partial charge in [0.15, 0.2) is 10.9 Å². The van der Waals surface area contributed by atoms with Crippen LogP contribution in [-0.2, 0) is 22.7 Å². The van der Waals surface area contributed by atoms with Crippen molar-refractivity contribution >= 4 is 17.0 Å². The van der Waals surface area contributed by atoms with Gasteiger partial charge in [-0.15, -0.1) is 5.10 Å². The van der Waals surface area contributed by atoms with Crippen molar-refractivity contribution in [1.82, 2.24) is 19.9 Å². The molecule has 1 aliphatic carbocycles. The zero-order valence-corrected chi connectivity index (χ0v) is 21.7. The highest BCUT2D eigenvalue weighted by Crippen LogP contribution is 2.54. The molecule has 0 amide bonds. The summed E-state index contributed by atoms with van der Waals surface area (Å²) in [7, 11) is 0. The van der Waals surface area contributed by atoms with Crippen molar-refractivity contribution in [2.75, 3.05) is 11.3 Å². The normalized spacial score (nSPS) is 32.8. The van der Waals surface area contributed by atoms with Crippen LogP contribution in [0.25, 0.3) is 11.3 Å². The molecule has 6 rings (SSSR count). The largest absolute Gasteiger partial charge is 0.592 e. The summed E-state index contributed by atoms with van der Waals surface area (Å²) in [6, 6.07) is 17.6. The first-order chi connectivity index (χ1) is 18.0. The number of hydrogen-bond acceptors (Lipinski definition) is 7.